The molecule has 7 heteroatoms. The van der Waals surface area contributed by atoms with Gasteiger partial charge in [-0.15, -0.1) is 11.8 Å². The van der Waals surface area contributed by atoms with Crippen LogP contribution in [0.1, 0.15) is 15.9 Å². The summed E-state index contributed by atoms with van der Waals surface area (Å²) in [4.78, 5) is 13.5. The van der Waals surface area contributed by atoms with E-state index < -0.39 is 10.0 Å². The van der Waals surface area contributed by atoms with Gasteiger partial charge in [-0.3, -0.25) is 9.52 Å². The number of anilines is 2. The minimum atomic E-state index is -3.72. The van der Waals surface area contributed by atoms with Crippen molar-refractivity contribution >= 4 is 39.1 Å². The van der Waals surface area contributed by atoms with E-state index in [-0.39, 0.29) is 10.8 Å². The van der Waals surface area contributed by atoms with E-state index >= 15 is 0 Å². The molecule has 3 aromatic carbocycles. The Balaban J connectivity index is 1.72. The maximum atomic E-state index is 12.5. The Morgan fingerprint density at radius 1 is 0.893 bits per heavy atom. The number of benzene rings is 3. The van der Waals surface area contributed by atoms with E-state index in [0.29, 0.717) is 16.9 Å². The van der Waals surface area contributed by atoms with E-state index in [2.05, 4.69) is 10.0 Å². The van der Waals surface area contributed by atoms with Gasteiger partial charge in [0.05, 0.1) is 4.90 Å². The monoisotopic (exact) mass is 412 g/mol. The topological polar surface area (TPSA) is 75.3 Å². The first kappa shape index (κ1) is 20.0. The predicted octanol–water partition coefficient (Wildman–Crippen LogP) is 4.77. The molecule has 0 aliphatic rings. The van der Waals surface area contributed by atoms with Crippen LogP contribution >= 0.6 is 11.8 Å². The summed E-state index contributed by atoms with van der Waals surface area (Å²) in [5, 5.41) is 2.82. The summed E-state index contributed by atoms with van der Waals surface area (Å²) in [6.45, 7) is 1.93. The SMILES string of the molecule is CSc1cccc(NC(=O)c2ccc(S(=O)(=O)Nc3ccc(C)cc3)cc2)c1. The molecule has 0 spiro atoms. The van der Waals surface area contributed by atoms with Crippen molar-refractivity contribution in [3.63, 3.8) is 0 Å². The zero-order chi connectivity index (χ0) is 20.1. The molecule has 0 radical (unpaired) electrons. The molecule has 2 N–H and O–H groups in total. The first-order chi connectivity index (χ1) is 13.4. The van der Waals surface area contributed by atoms with Crippen LogP contribution in [-0.4, -0.2) is 20.6 Å². The number of carbonyl (C=O) groups excluding carboxylic acids is 1. The molecule has 3 aromatic rings. The number of amides is 1. The molecule has 0 saturated carbocycles. The summed E-state index contributed by atoms with van der Waals surface area (Å²) < 4.78 is 27.6. The fourth-order valence-corrected chi connectivity index (χ4v) is 4.04. The Kier molecular flexibility index (Phi) is 6.06. The molecule has 0 saturated heterocycles. The number of rotatable bonds is 6. The first-order valence-corrected chi connectivity index (χ1v) is 11.2. The molecule has 0 unspecified atom stereocenters. The van der Waals surface area contributed by atoms with Crippen molar-refractivity contribution in [1.29, 1.82) is 0 Å². The Hall–Kier alpha value is -2.77. The smallest absolute Gasteiger partial charge is 0.261 e. The summed E-state index contributed by atoms with van der Waals surface area (Å²) in [6.07, 6.45) is 1.96. The second kappa shape index (κ2) is 8.50. The van der Waals surface area contributed by atoms with Gasteiger partial charge < -0.3 is 5.32 Å². The number of hydrogen-bond donors (Lipinski definition) is 2. The molecule has 0 atom stereocenters. The zero-order valence-corrected chi connectivity index (χ0v) is 17.1. The fourth-order valence-electron chi connectivity index (χ4n) is 2.53. The largest absolute Gasteiger partial charge is 0.322 e. The second-order valence-electron chi connectivity index (χ2n) is 6.18. The first-order valence-electron chi connectivity index (χ1n) is 8.52. The number of thioether (sulfide) groups is 1. The van der Waals surface area contributed by atoms with E-state index in [4.69, 9.17) is 0 Å². The van der Waals surface area contributed by atoms with Crippen LogP contribution in [0.15, 0.2) is 82.6 Å². The molecule has 28 heavy (non-hydrogen) atoms. The molecule has 144 valence electrons. The number of carbonyl (C=O) groups is 1. The van der Waals surface area contributed by atoms with Crippen molar-refractivity contribution in [1.82, 2.24) is 0 Å². The minimum absolute atomic E-state index is 0.0917. The average Bonchev–Trinajstić information content (AvgIpc) is 2.70. The highest BCUT2D eigenvalue weighted by Crippen LogP contribution is 2.20. The van der Waals surface area contributed by atoms with Crippen LogP contribution in [0.5, 0.6) is 0 Å². The third-order valence-electron chi connectivity index (χ3n) is 4.06. The summed E-state index contributed by atoms with van der Waals surface area (Å²) in [5.41, 5.74) is 2.60. The maximum absolute atomic E-state index is 12.5. The van der Waals surface area contributed by atoms with Crippen LogP contribution in [0.25, 0.3) is 0 Å². The Morgan fingerprint density at radius 3 is 2.21 bits per heavy atom. The van der Waals surface area contributed by atoms with Gasteiger partial charge in [0.15, 0.2) is 0 Å². The van der Waals surface area contributed by atoms with Crippen LogP contribution in [-0.2, 0) is 10.0 Å². The Morgan fingerprint density at radius 2 is 1.57 bits per heavy atom. The van der Waals surface area contributed by atoms with E-state index in [9.17, 15) is 13.2 Å². The van der Waals surface area contributed by atoms with Crippen LogP contribution in [0.4, 0.5) is 11.4 Å². The molecule has 1 amide bonds. The summed E-state index contributed by atoms with van der Waals surface area (Å²) in [7, 11) is -3.72. The molecule has 5 nitrogen and oxygen atoms in total. The van der Waals surface area contributed by atoms with Gasteiger partial charge in [0.25, 0.3) is 15.9 Å². The lowest BCUT2D eigenvalue weighted by Crippen LogP contribution is -2.14. The molecule has 0 aliphatic heterocycles. The molecule has 0 aliphatic carbocycles. The zero-order valence-electron chi connectivity index (χ0n) is 15.5. The lowest BCUT2D eigenvalue weighted by atomic mass is 10.2. The standard InChI is InChI=1S/C21H20N2O3S2/c1-15-6-10-17(11-7-15)23-28(25,26)20-12-8-16(9-13-20)21(24)22-18-4-3-5-19(14-18)27-2/h3-14,23H,1-2H3,(H,22,24). The van der Waals surface area contributed by atoms with Crippen molar-refractivity contribution in [3.05, 3.63) is 83.9 Å². The third kappa shape index (κ3) is 4.94. The molecule has 0 heterocycles. The van der Waals surface area contributed by atoms with E-state index in [1.807, 2.05) is 49.6 Å². The van der Waals surface area contributed by atoms with Gasteiger partial charge in [0.2, 0.25) is 0 Å². The summed E-state index contributed by atoms with van der Waals surface area (Å²) >= 11 is 1.59. The lowest BCUT2D eigenvalue weighted by Gasteiger charge is -2.10. The van der Waals surface area contributed by atoms with Crippen molar-refractivity contribution in [2.45, 2.75) is 16.7 Å². The number of aryl methyl sites for hydroxylation is 1. The van der Waals surface area contributed by atoms with Crippen LogP contribution in [0.3, 0.4) is 0 Å². The minimum Gasteiger partial charge on any atom is -0.322 e. The molecule has 0 bridgehead atoms. The molecule has 0 aromatic heterocycles. The van der Waals surface area contributed by atoms with E-state index in [1.165, 1.54) is 24.3 Å². The second-order valence-corrected chi connectivity index (χ2v) is 8.74. The van der Waals surface area contributed by atoms with Gasteiger partial charge in [0.1, 0.15) is 0 Å². The molecule has 0 fully saturated rings. The maximum Gasteiger partial charge on any atom is 0.261 e. The molecule has 3 rings (SSSR count). The molecular formula is C21H20N2O3S2. The normalized spacial score (nSPS) is 11.1. The van der Waals surface area contributed by atoms with Crippen LogP contribution in [0.2, 0.25) is 0 Å². The quantitative estimate of drug-likeness (QED) is 0.572. The highest BCUT2D eigenvalue weighted by molar-refractivity contribution is 7.98. The van der Waals surface area contributed by atoms with E-state index in [0.717, 1.165) is 10.5 Å². The fraction of sp³-hybridized carbons (Fsp3) is 0.0952. The summed E-state index contributed by atoms with van der Waals surface area (Å²) in [5.74, 6) is -0.298. The van der Waals surface area contributed by atoms with Gasteiger partial charge >= 0.3 is 0 Å². The Labute approximate surface area is 169 Å². The number of hydrogen-bond acceptors (Lipinski definition) is 4. The van der Waals surface area contributed by atoms with Gasteiger partial charge in [0, 0.05) is 21.8 Å². The van der Waals surface area contributed by atoms with Crippen molar-refractivity contribution < 1.29 is 13.2 Å². The lowest BCUT2D eigenvalue weighted by molar-refractivity contribution is 0.102. The highest BCUT2D eigenvalue weighted by atomic mass is 32.2. The average molecular weight is 413 g/mol. The van der Waals surface area contributed by atoms with Gasteiger partial charge in [-0.1, -0.05) is 23.8 Å². The van der Waals surface area contributed by atoms with Crippen molar-refractivity contribution in [3.8, 4) is 0 Å². The third-order valence-corrected chi connectivity index (χ3v) is 6.18. The van der Waals surface area contributed by atoms with Crippen LogP contribution < -0.4 is 10.0 Å². The van der Waals surface area contributed by atoms with Crippen LogP contribution in [0, 0.1) is 6.92 Å². The van der Waals surface area contributed by atoms with Crippen molar-refractivity contribution in [2.24, 2.45) is 0 Å². The Bertz CT molecular complexity index is 1080. The molecular weight excluding hydrogens is 392 g/mol. The number of nitrogens with one attached hydrogen (secondary N) is 2. The van der Waals surface area contributed by atoms with E-state index in [1.54, 1.807) is 23.9 Å². The highest BCUT2D eigenvalue weighted by Gasteiger charge is 2.15. The van der Waals surface area contributed by atoms with Gasteiger partial charge in [-0.25, -0.2) is 8.42 Å². The number of sulfonamides is 1. The summed E-state index contributed by atoms with van der Waals surface area (Å²) in [6, 6.07) is 20.4. The van der Waals surface area contributed by atoms with Gasteiger partial charge in [-0.2, -0.15) is 0 Å². The van der Waals surface area contributed by atoms with Crippen molar-refractivity contribution in [2.75, 3.05) is 16.3 Å². The van der Waals surface area contributed by atoms with Gasteiger partial charge in [-0.05, 0) is 67.8 Å². The predicted molar refractivity (Wildman–Crippen MR) is 115 cm³/mol.